The summed E-state index contributed by atoms with van der Waals surface area (Å²) in [6.45, 7) is 5.18. The van der Waals surface area contributed by atoms with Gasteiger partial charge in [0.15, 0.2) is 0 Å². The van der Waals surface area contributed by atoms with Crippen LogP contribution in [0.3, 0.4) is 0 Å². The number of carbonyl (C=O) groups excluding carboxylic acids is 1. The molecule has 4 aliphatic carbocycles. The summed E-state index contributed by atoms with van der Waals surface area (Å²) in [6, 6.07) is 2.25. The lowest BCUT2D eigenvalue weighted by molar-refractivity contribution is -0.122. The fourth-order valence-electron chi connectivity index (χ4n) is 5.97. The standard InChI is InChI=1S/C21H33N3O/c1-4-5-6-24(3)14-19(13-22)20(25)23-15(2)21-10-16-7-17(11-21)9-18(8-16)12-21/h14-18H,4-12H2,1-3H3,(H,23,25)/b19-14-. The molecule has 0 aromatic heterocycles. The molecule has 4 aliphatic rings. The molecule has 0 saturated heterocycles. The minimum atomic E-state index is -0.200. The third kappa shape index (κ3) is 3.86. The van der Waals surface area contributed by atoms with E-state index in [9.17, 15) is 10.1 Å². The Morgan fingerprint density at radius 1 is 1.28 bits per heavy atom. The van der Waals surface area contributed by atoms with Gasteiger partial charge in [0, 0.05) is 25.8 Å². The number of rotatable bonds is 7. The maximum absolute atomic E-state index is 12.7. The van der Waals surface area contributed by atoms with Gasteiger partial charge in [0.1, 0.15) is 11.6 Å². The van der Waals surface area contributed by atoms with Crippen molar-refractivity contribution < 1.29 is 4.79 Å². The summed E-state index contributed by atoms with van der Waals surface area (Å²) >= 11 is 0. The summed E-state index contributed by atoms with van der Waals surface area (Å²) in [7, 11) is 1.93. The average Bonchev–Trinajstić information content (AvgIpc) is 2.56. The van der Waals surface area contributed by atoms with Crippen molar-refractivity contribution in [2.75, 3.05) is 13.6 Å². The third-order valence-electron chi connectivity index (χ3n) is 6.93. The minimum Gasteiger partial charge on any atom is -0.379 e. The maximum Gasteiger partial charge on any atom is 0.263 e. The van der Waals surface area contributed by atoms with E-state index in [2.05, 4.69) is 25.2 Å². The molecule has 0 heterocycles. The first-order valence-corrected chi connectivity index (χ1v) is 10.1. The number of hydrogen-bond donors (Lipinski definition) is 1. The molecule has 0 aromatic rings. The van der Waals surface area contributed by atoms with Gasteiger partial charge in [-0.15, -0.1) is 0 Å². The molecule has 0 spiro atoms. The molecule has 1 N–H and O–H groups in total. The van der Waals surface area contributed by atoms with Crippen LogP contribution in [-0.4, -0.2) is 30.4 Å². The Balaban J connectivity index is 1.64. The normalized spacial score (nSPS) is 34.5. The first kappa shape index (κ1) is 18.3. The van der Waals surface area contributed by atoms with Crippen molar-refractivity contribution in [1.82, 2.24) is 10.2 Å². The maximum atomic E-state index is 12.7. The molecule has 4 heteroatoms. The molecule has 4 nitrogen and oxygen atoms in total. The monoisotopic (exact) mass is 343 g/mol. The van der Waals surface area contributed by atoms with Crippen molar-refractivity contribution in [1.29, 1.82) is 5.26 Å². The van der Waals surface area contributed by atoms with Gasteiger partial charge in [-0.2, -0.15) is 5.26 Å². The van der Waals surface area contributed by atoms with E-state index < -0.39 is 0 Å². The second-order valence-corrected chi connectivity index (χ2v) is 8.96. The molecular weight excluding hydrogens is 310 g/mol. The zero-order valence-electron chi connectivity index (χ0n) is 16.1. The van der Waals surface area contributed by atoms with Crippen LogP contribution < -0.4 is 5.32 Å². The van der Waals surface area contributed by atoms with Crippen LogP contribution in [0.25, 0.3) is 0 Å². The Labute approximate surface area is 152 Å². The van der Waals surface area contributed by atoms with Gasteiger partial charge in [-0.3, -0.25) is 4.79 Å². The first-order valence-electron chi connectivity index (χ1n) is 10.1. The van der Waals surface area contributed by atoms with Crippen molar-refractivity contribution >= 4 is 5.91 Å². The first-order chi connectivity index (χ1) is 12.0. The second kappa shape index (κ2) is 7.40. The average molecular weight is 344 g/mol. The van der Waals surface area contributed by atoms with Crippen LogP contribution in [0.2, 0.25) is 0 Å². The highest BCUT2D eigenvalue weighted by Gasteiger charge is 2.53. The van der Waals surface area contributed by atoms with Crippen molar-refractivity contribution in [3.05, 3.63) is 11.8 Å². The largest absolute Gasteiger partial charge is 0.379 e. The quantitative estimate of drug-likeness (QED) is 0.564. The van der Waals surface area contributed by atoms with Crippen molar-refractivity contribution in [3.63, 3.8) is 0 Å². The van der Waals surface area contributed by atoms with Crippen molar-refractivity contribution in [2.24, 2.45) is 23.2 Å². The van der Waals surface area contributed by atoms with Crippen LogP contribution in [0, 0.1) is 34.5 Å². The molecule has 4 saturated carbocycles. The van der Waals surface area contributed by atoms with Gasteiger partial charge in [-0.05, 0) is 75.0 Å². The molecule has 1 amide bonds. The molecule has 1 unspecified atom stereocenters. The number of hydrogen-bond acceptors (Lipinski definition) is 3. The smallest absolute Gasteiger partial charge is 0.263 e. The molecule has 0 radical (unpaired) electrons. The van der Waals surface area contributed by atoms with Gasteiger partial charge in [0.2, 0.25) is 0 Å². The topological polar surface area (TPSA) is 56.1 Å². The van der Waals surface area contributed by atoms with Gasteiger partial charge < -0.3 is 10.2 Å². The summed E-state index contributed by atoms with van der Waals surface area (Å²) in [5, 5.41) is 12.6. The number of nitriles is 1. The molecule has 4 bridgehead atoms. The fraction of sp³-hybridized carbons (Fsp3) is 0.810. The molecule has 138 valence electrons. The number of unbranched alkanes of at least 4 members (excludes halogenated alkanes) is 1. The van der Waals surface area contributed by atoms with Crippen LogP contribution in [0.1, 0.15) is 65.2 Å². The Bertz CT molecular complexity index is 539. The van der Waals surface area contributed by atoms with Gasteiger partial charge >= 0.3 is 0 Å². The van der Waals surface area contributed by atoms with Gasteiger partial charge in [0.05, 0.1) is 0 Å². The summed E-state index contributed by atoms with van der Waals surface area (Å²) < 4.78 is 0. The minimum absolute atomic E-state index is 0.158. The molecule has 1 atom stereocenters. The number of nitrogens with zero attached hydrogens (tertiary/aromatic N) is 2. The van der Waals surface area contributed by atoms with E-state index in [-0.39, 0.29) is 22.9 Å². The van der Waals surface area contributed by atoms with Crippen molar-refractivity contribution in [3.8, 4) is 6.07 Å². The molecule has 0 aliphatic heterocycles. The van der Waals surface area contributed by atoms with E-state index in [0.29, 0.717) is 0 Å². The number of carbonyl (C=O) groups is 1. The van der Waals surface area contributed by atoms with Crippen molar-refractivity contribution in [2.45, 2.75) is 71.3 Å². The predicted octanol–water partition coefficient (Wildman–Crippen LogP) is 3.85. The SMILES string of the molecule is CCCCN(C)/C=C(/C#N)C(=O)NC(C)C12CC3CC(CC(C3)C1)C2. The lowest BCUT2D eigenvalue weighted by atomic mass is 9.48. The predicted molar refractivity (Wildman–Crippen MR) is 99.4 cm³/mol. The molecule has 0 aromatic carbocycles. The van der Waals surface area contributed by atoms with Crippen LogP contribution >= 0.6 is 0 Å². The Morgan fingerprint density at radius 2 is 1.84 bits per heavy atom. The summed E-state index contributed by atoms with van der Waals surface area (Å²) in [6.07, 6.45) is 11.9. The third-order valence-corrected chi connectivity index (χ3v) is 6.93. The molecule has 4 fully saturated rings. The molecule has 25 heavy (non-hydrogen) atoms. The summed E-state index contributed by atoms with van der Waals surface area (Å²) in [5.41, 5.74) is 0.509. The van der Waals surface area contributed by atoms with E-state index in [1.807, 2.05) is 11.9 Å². The fourth-order valence-corrected chi connectivity index (χ4v) is 5.97. The van der Waals surface area contributed by atoms with Crippen LogP contribution in [0.5, 0.6) is 0 Å². The Hall–Kier alpha value is -1.50. The lowest BCUT2D eigenvalue weighted by Crippen LogP contribution is -2.56. The summed E-state index contributed by atoms with van der Waals surface area (Å²) in [4.78, 5) is 14.6. The lowest BCUT2D eigenvalue weighted by Gasteiger charge is -2.59. The molecular formula is C21H33N3O. The Kier molecular flexibility index (Phi) is 5.41. The van der Waals surface area contributed by atoms with Crippen LogP contribution in [-0.2, 0) is 4.79 Å². The van der Waals surface area contributed by atoms with E-state index in [1.165, 1.54) is 38.5 Å². The second-order valence-electron chi connectivity index (χ2n) is 8.96. The number of amides is 1. The van der Waals surface area contributed by atoms with Gasteiger partial charge in [-0.25, -0.2) is 0 Å². The van der Waals surface area contributed by atoms with E-state index in [0.717, 1.165) is 37.1 Å². The Morgan fingerprint density at radius 3 is 2.32 bits per heavy atom. The number of nitrogens with one attached hydrogen (secondary N) is 1. The highest BCUT2D eigenvalue weighted by atomic mass is 16.1. The van der Waals surface area contributed by atoms with Crippen LogP contribution in [0.4, 0.5) is 0 Å². The summed E-state index contributed by atoms with van der Waals surface area (Å²) in [5.74, 6) is 2.42. The highest BCUT2D eigenvalue weighted by molar-refractivity contribution is 5.97. The van der Waals surface area contributed by atoms with Crippen LogP contribution in [0.15, 0.2) is 11.8 Å². The van der Waals surface area contributed by atoms with Gasteiger partial charge in [-0.1, -0.05) is 13.3 Å². The van der Waals surface area contributed by atoms with E-state index in [1.54, 1.807) is 6.20 Å². The van der Waals surface area contributed by atoms with E-state index in [4.69, 9.17) is 0 Å². The molecule has 4 rings (SSSR count). The zero-order valence-corrected chi connectivity index (χ0v) is 16.1. The van der Waals surface area contributed by atoms with E-state index >= 15 is 0 Å². The highest BCUT2D eigenvalue weighted by Crippen LogP contribution is 2.61. The van der Waals surface area contributed by atoms with Gasteiger partial charge in [0.25, 0.3) is 5.91 Å². The zero-order chi connectivity index (χ0) is 18.0.